The van der Waals surface area contributed by atoms with Crippen LogP contribution in [0.4, 0.5) is 5.69 Å². The topological polar surface area (TPSA) is 66.9 Å². The lowest BCUT2D eigenvalue weighted by molar-refractivity contribution is -0.119. The van der Waals surface area contributed by atoms with Crippen LogP contribution in [0.25, 0.3) is 0 Å². The molecular weight excluding hydrogens is 412 g/mol. The Bertz CT molecular complexity index is 1250. The Hall–Kier alpha value is -3.00. The van der Waals surface area contributed by atoms with Crippen molar-refractivity contribution in [3.05, 3.63) is 95.6 Å². The largest absolute Gasteiger partial charge is 0.332 e. The highest BCUT2D eigenvalue weighted by Gasteiger charge is 2.57. The summed E-state index contributed by atoms with van der Waals surface area (Å²) in [5, 5.41) is 0. The maximum atomic E-state index is 13.9. The summed E-state index contributed by atoms with van der Waals surface area (Å²) in [5.41, 5.74) is 3.12. The maximum absolute atomic E-state index is 13.9. The molecule has 7 heteroatoms. The van der Waals surface area contributed by atoms with E-state index in [1.54, 1.807) is 35.2 Å². The summed E-state index contributed by atoms with van der Waals surface area (Å²) in [6.45, 7) is 3.40. The summed E-state index contributed by atoms with van der Waals surface area (Å²) in [6.07, 6.45) is -1.59. The zero-order valence-corrected chi connectivity index (χ0v) is 18.0. The van der Waals surface area contributed by atoms with Gasteiger partial charge in [0.05, 0.1) is 10.6 Å². The number of para-hydroxylation sites is 1. The Kier molecular flexibility index (Phi) is 4.69. The van der Waals surface area contributed by atoms with E-state index in [2.05, 4.69) is 0 Å². The average molecular weight is 435 g/mol. The maximum Gasteiger partial charge on any atom is 0.246 e. The first-order chi connectivity index (χ1) is 14.9. The van der Waals surface area contributed by atoms with Crippen molar-refractivity contribution in [2.45, 2.75) is 37.2 Å². The summed E-state index contributed by atoms with van der Waals surface area (Å²) in [6, 6.07) is 22.6. The van der Waals surface area contributed by atoms with Gasteiger partial charge in [0.1, 0.15) is 6.04 Å². The fourth-order valence-corrected chi connectivity index (χ4v) is 6.26. The normalized spacial score (nSPS) is 22.9. The van der Waals surface area contributed by atoms with E-state index in [9.17, 15) is 13.2 Å². The first kappa shape index (κ1) is 19.9. The molecule has 2 aliphatic rings. The van der Waals surface area contributed by atoms with Crippen molar-refractivity contribution >= 4 is 21.6 Å². The number of rotatable bonds is 3. The van der Waals surface area contributed by atoms with Crippen LogP contribution in [0.1, 0.15) is 35.9 Å². The van der Waals surface area contributed by atoms with E-state index < -0.39 is 28.5 Å². The van der Waals surface area contributed by atoms with E-state index in [4.69, 9.17) is 4.74 Å². The number of anilines is 1. The number of fused-ring (bicyclic) bond motifs is 3. The first-order valence-electron chi connectivity index (χ1n) is 10.1. The molecule has 3 aromatic carbocycles. The first-order valence-corrected chi connectivity index (χ1v) is 11.5. The average Bonchev–Trinajstić information content (AvgIpc) is 3.31. The predicted molar refractivity (Wildman–Crippen MR) is 117 cm³/mol. The molecule has 31 heavy (non-hydrogen) atoms. The molecule has 2 heterocycles. The van der Waals surface area contributed by atoms with Gasteiger partial charge >= 0.3 is 0 Å². The van der Waals surface area contributed by atoms with Crippen molar-refractivity contribution < 1.29 is 17.9 Å². The minimum Gasteiger partial charge on any atom is -0.332 e. The lowest BCUT2D eigenvalue weighted by Gasteiger charge is -2.27. The predicted octanol–water partition coefficient (Wildman–Crippen LogP) is 4.15. The lowest BCUT2D eigenvalue weighted by atomic mass is 10.0. The highest BCUT2D eigenvalue weighted by Crippen LogP contribution is 2.55. The standard InChI is InChI=1S/C24H22N2O4S/c1-16-10-9-15-20-21(16)25(17(2)27)24-22(20)26(23(30-24)18-11-5-3-6-12-18)31(28,29)19-13-7-4-8-14-19/h3-15,22-24H,1-2H3/t22-,23?,24-/m0/s1. The van der Waals surface area contributed by atoms with Gasteiger partial charge in [0.25, 0.3) is 0 Å². The molecular formula is C24H22N2O4S. The molecule has 1 unspecified atom stereocenters. The minimum absolute atomic E-state index is 0.186. The van der Waals surface area contributed by atoms with Crippen LogP contribution < -0.4 is 4.90 Å². The second kappa shape index (κ2) is 7.30. The summed E-state index contributed by atoms with van der Waals surface area (Å²) in [4.78, 5) is 14.4. The van der Waals surface area contributed by atoms with Crippen molar-refractivity contribution in [1.82, 2.24) is 4.31 Å². The molecule has 3 aromatic rings. The lowest BCUT2D eigenvalue weighted by Crippen LogP contribution is -2.39. The van der Waals surface area contributed by atoms with Crippen molar-refractivity contribution in [2.75, 3.05) is 4.90 Å². The Balaban J connectivity index is 1.74. The molecule has 0 bridgehead atoms. The van der Waals surface area contributed by atoms with E-state index in [1.807, 2.05) is 55.5 Å². The second-order valence-corrected chi connectivity index (χ2v) is 9.63. The second-order valence-electron chi connectivity index (χ2n) is 7.78. The Morgan fingerprint density at radius 2 is 1.55 bits per heavy atom. The van der Waals surface area contributed by atoms with Crippen molar-refractivity contribution in [3.63, 3.8) is 0 Å². The number of carbonyl (C=O) groups excluding carboxylic acids is 1. The van der Waals surface area contributed by atoms with Crippen LogP contribution in [0.5, 0.6) is 0 Å². The Morgan fingerprint density at radius 3 is 2.19 bits per heavy atom. The SMILES string of the molecule is CC(=O)N1c2c(C)cccc2[C@H]2[C@@H]1OC(c1ccccc1)N2S(=O)(=O)c1ccccc1. The molecule has 3 atom stereocenters. The zero-order chi connectivity index (χ0) is 21.8. The van der Waals surface area contributed by atoms with Crippen LogP contribution in [0.15, 0.2) is 83.8 Å². The van der Waals surface area contributed by atoms with Gasteiger partial charge in [0.2, 0.25) is 15.9 Å². The van der Waals surface area contributed by atoms with Crippen molar-refractivity contribution in [3.8, 4) is 0 Å². The number of hydrogen-bond acceptors (Lipinski definition) is 4. The summed E-state index contributed by atoms with van der Waals surface area (Å²) < 4.78 is 35.5. The van der Waals surface area contributed by atoms with Gasteiger partial charge in [0.15, 0.2) is 12.5 Å². The third-order valence-electron chi connectivity index (χ3n) is 5.87. The Morgan fingerprint density at radius 1 is 0.903 bits per heavy atom. The van der Waals surface area contributed by atoms with E-state index in [0.717, 1.165) is 16.8 Å². The van der Waals surface area contributed by atoms with E-state index in [1.165, 1.54) is 11.2 Å². The van der Waals surface area contributed by atoms with Crippen LogP contribution in [-0.2, 0) is 19.6 Å². The Labute approximate surface area is 181 Å². The van der Waals surface area contributed by atoms with Gasteiger partial charge in [-0.2, -0.15) is 4.31 Å². The molecule has 0 radical (unpaired) electrons. The number of ether oxygens (including phenoxy) is 1. The highest BCUT2D eigenvalue weighted by atomic mass is 32.2. The number of benzene rings is 3. The van der Waals surface area contributed by atoms with Crippen LogP contribution in [0, 0.1) is 6.92 Å². The van der Waals surface area contributed by atoms with E-state index >= 15 is 0 Å². The monoisotopic (exact) mass is 434 g/mol. The summed E-state index contributed by atoms with van der Waals surface area (Å²) in [5.74, 6) is -0.186. The number of aryl methyl sites for hydroxylation is 1. The van der Waals surface area contributed by atoms with Crippen molar-refractivity contribution in [1.29, 1.82) is 0 Å². The third kappa shape index (κ3) is 3.00. The molecule has 2 aliphatic heterocycles. The molecule has 0 aliphatic carbocycles. The number of sulfonamides is 1. The molecule has 0 spiro atoms. The smallest absolute Gasteiger partial charge is 0.246 e. The molecule has 0 aromatic heterocycles. The highest BCUT2D eigenvalue weighted by molar-refractivity contribution is 7.89. The third-order valence-corrected chi connectivity index (χ3v) is 7.71. The number of amides is 1. The fourth-order valence-electron chi connectivity index (χ4n) is 4.58. The van der Waals surface area contributed by atoms with Crippen LogP contribution in [-0.4, -0.2) is 24.9 Å². The molecule has 0 saturated carbocycles. The van der Waals surface area contributed by atoms with Gasteiger partial charge in [-0.3, -0.25) is 9.69 Å². The summed E-state index contributed by atoms with van der Waals surface area (Å²) in [7, 11) is -3.92. The van der Waals surface area contributed by atoms with Crippen LogP contribution >= 0.6 is 0 Å². The van der Waals surface area contributed by atoms with Crippen molar-refractivity contribution in [2.24, 2.45) is 0 Å². The number of hydrogen-bond donors (Lipinski definition) is 0. The van der Waals surface area contributed by atoms with Gasteiger partial charge in [-0.25, -0.2) is 8.42 Å². The van der Waals surface area contributed by atoms with Crippen LogP contribution in [0.2, 0.25) is 0 Å². The van der Waals surface area contributed by atoms with Gasteiger partial charge in [-0.15, -0.1) is 0 Å². The molecule has 0 N–H and O–H groups in total. The van der Waals surface area contributed by atoms with E-state index in [-0.39, 0.29) is 10.8 Å². The molecule has 5 rings (SSSR count). The molecule has 6 nitrogen and oxygen atoms in total. The number of carbonyl (C=O) groups is 1. The molecule has 158 valence electrons. The quantitative estimate of drug-likeness (QED) is 0.621. The van der Waals surface area contributed by atoms with Gasteiger partial charge < -0.3 is 4.74 Å². The zero-order valence-electron chi connectivity index (χ0n) is 17.2. The fraction of sp³-hybridized carbons (Fsp3) is 0.208. The summed E-state index contributed by atoms with van der Waals surface area (Å²) >= 11 is 0. The molecule has 1 amide bonds. The minimum atomic E-state index is -3.92. The van der Waals surface area contributed by atoms with Gasteiger partial charge in [-0.1, -0.05) is 66.7 Å². The van der Waals surface area contributed by atoms with Gasteiger partial charge in [-0.05, 0) is 35.7 Å². The van der Waals surface area contributed by atoms with Gasteiger partial charge in [0, 0.05) is 6.92 Å². The molecule has 1 saturated heterocycles. The number of nitrogens with zero attached hydrogens (tertiary/aromatic N) is 2. The van der Waals surface area contributed by atoms with E-state index in [0.29, 0.717) is 5.56 Å². The molecule has 1 fully saturated rings. The van der Waals surface area contributed by atoms with Crippen LogP contribution in [0.3, 0.4) is 0 Å².